The molecule has 1 saturated heterocycles. The van der Waals surface area contributed by atoms with Crippen molar-refractivity contribution in [3.8, 4) is 0 Å². The van der Waals surface area contributed by atoms with Gasteiger partial charge in [0.15, 0.2) is 0 Å². The number of halogens is 3. The van der Waals surface area contributed by atoms with Crippen LogP contribution in [0.5, 0.6) is 0 Å². The largest absolute Gasteiger partial charge is 0.451 e. The minimum atomic E-state index is -4.51. The standard InChI is InChI=1S/C9H9F3N2O2/c10-9(11,12)8-13-3-6(4-14-8)7-5-15-1-2-16-7/h3-4,7H,1-2,5H2. The third-order valence-electron chi connectivity index (χ3n) is 2.11. The van der Waals surface area contributed by atoms with Gasteiger partial charge in [0.25, 0.3) is 0 Å². The first-order valence-corrected chi connectivity index (χ1v) is 4.66. The van der Waals surface area contributed by atoms with Crippen LogP contribution in [0.25, 0.3) is 0 Å². The van der Waals surface area contributed by atoms with Crippen molar-refractivity contribution in [3.05, 3.63) is 23.8 Å². The Morgan fingerprint density at radius 2 is 1.88 bits per heavy atom. The van der Waals surface area contributed by atoms with E-state index in [0.29, 0.717) is 25.4 Å². The normalized spacial score (nSPS) is 22.1. The summed E-state index contributed by atoms with van der Waals surface area (Å²) in [5, 5.41) is 0. The predicted octanol–water partition coefficient (Wildman–Crippen LogP) is 1.58. The Morgan fingerprint density at radius 1 is 1.19 bits per heavy atom. The minimum absolute atomic E-state index is 0.314. The average molecular weight is 234 g/mol. The Morgan fingerprint density at radius 3 is 2.38 bits per heavy atom. The molecule has 1 aliphatic rings. The molecule has 1 atom stereocenters. The maximum absolute atomic E-state index is 12.2. The van der Waals surface area contributed by atoms with Crippen LogP contribution in [-0.2, 0) is 15.7 Å². The van der Waals surface area contributed by atoms with E-state index in [1.807, 2.05) is 0 Å². The highest BCUT2D eigenvalue weighted by molar-refractivity contribution is 5.10. The van der Waals surface area contributed by atoms with Gasteiger partial charge < -0.3 is 9.47 Å². The number of nitrogens with zero attached hydrogens (tertiary/aromatic N) is 2. The van der Waals surface area contributed by atoms with E-state index < -0.39 is 12.0 Å². The van der Waals surface area contributed by atoms with Gasteiger partial charge in [0, 0.05) is 18.0 Å². The van der Waals surface area contributed by atoms with Gasteiger partial charge in [-0.15, -0.1) is 0 Å². The summed E-state index contributed by atoms with van der Waals surface area (Å²) < 4.78 is 47.0. The van der Waals surface area contributed by atoms with Crippen molar-refractivity contribution in [1.82, 2.24) is 9.97 Å². The second-order valence-corrected chi connectivity index (χ2v) is 3.27. The van der Waals surface area contributed by atoms with Gasteiger partial charge in [0.05, 0.1) is 19.8 Å². The Kier molecular flexibility index (Phi) is 3.06. The van der Waals surface area contributed by atoms with E-state index in [1.54, 1.807) is 0 Å². The van der Waals surface area contributed by atoms with Gasteiger partial charge in [-0.1, -0.05) is 0 Å². The van der Waals surface area contributed by atoms with Crippen LogP contribution in [0.1, 0.15) is 17.5 Å². The highest BCUT2D eigenvalue weighted by Crippen LogP contribution is 2.26. The van der Waals surface area contributed by atoms with Crippen LogP contribution >= 0.6 is 0 Å². The smallest absolute Gasteiger partial charge is 0.376 e. The molecule has 1 aliphatic heterocycles. The molecule has 0 aromatic carbocycles. The number of alkyl halides is 3. The lowest BCUT2D eigenvalue weighted by molar-refractivity contribution is -0.145. The highest BCUT2D eigenvalue weighted by Gasteiger charge is 2.34. The molecule has 0 saturated carbocycles. The van der Waals surface area contributed by atoms with Gasteiger partial charge in [-0.2, -0.15) is 13.2 Å². The number of hydrogen-bond acceptors (Lipinski definition) is 4. The van der Waals surface area contributed by atoms with Crippen LogP contribution in [0.3, 0.4) is 0 Å². The van der Waals surface area contributed by atoms with E-state index in [2.05, 4.69) is 9.97 Å². The van der Waals surface area contributed by atoms with Gasteiger partial charge in [-0.25, -0.2) is 9.97 Å². The molecule has 0 N–H and O–H groups in total. The number of ether oxygens (including phenoxy) is 2. The van der Waals surface area contributed by atoms with Crippen molar-refractivity contribution in [2.24, 2.45) is 0 Å². The molecule has 0 radical (unpaired) electrons. The number of hydrogen-bond donors (Lipinski definition) is 0. The molecule has 1 fully saturated rings. The molecule has 2 heterocycles. The summed E-state index contributed by atoms with van der Waals surface area (Å²) in [6.45, 7) is 1.23. The topological polar surface area (TPSA) is 44.2 Å². The lowest BCUT2D eigenvalue weighted by Gasteiger charge is -2.22. The molecule has 7 heteroatoms. The summed E-state index contributed by atoms with van der Waals surface area (Å²) in [6, 6.07) is 0. The van der Waals surface area contributed by atoms with E-state index >= 15 is 0 Å². The first-order chi connectivity index (χ1) is 7.57. The summed E-state index contributed by atoms with van der Waals surface area (Å²) in [6.07, 6.45) is -2.65. The second kappa shape index (κ2) is 4.34. The Hall–Kier alpha value is -1.21. The van der Waals surface area contributed by atoms with Crippen molar-refractivity contribution in [3.63, 3.8) is 0 Å². The van der Waals surface area contributed by atoms with Gasteiger partial charge in [-0.05, 0) is 0 Å². The fraction of sp³-hybridized carbons (Fsp3) is 0.556. The third-order valence-corrected chi connectivity index (χ3v) is 2.11. The van der Waals surface area contributed by atoms with Gasteiger partial charge in [-0.3, -0.25) is 0 Å². The lowest BCUT2D eigenvalue weighted by atomic mass is 10.2. The van der Waals surface area contributed by atoms with E-state index in [-0.39, 0.29) is 6.10 Å². The molecule has 0 spiro atoms. The number of aromatic nitrogens is 2. The zero-order chi connectivity index (χ0) is 11.6. The van der Waals surface area contributed by atoms with E-state index in [9.17, 15) is 13.2 Å². The SMILES string of the molecule is FC(F)(F)c1ncc(C2COCCO2)cn1. The maximum atomic E-state index is 12.2. The third kappa shape index (κ3) is 2.48. The molecular weight excluding hydrogens is 225 g/mol. The lowest BCUT2D eigenvalue weighted by Crippen LogP contribution is -2.22. The first-order valence-electron chi connectivity index (χ1n) is 4.66. The number of rotatable bonds is 1. The van der Waals surface area contributed by atoms with Crippen LogP contribution in [0, 0.1) is 0 Å². The Balaban J connectivity index is 2.12. The van der Waals surface area contributed by atoms with Gasteiger partial charge in [0.1, 0.15) is 6.10 Å². The second-order valence-electron chi connectivity index (χ2n) is 3.27. The first kappa shape index (κ1) is 11.3. The van der Waals surface area contributed by atoms with E-state index in [0.717, 1.165) is 12.4 Å². The molecule has 0 aliphatic carbocycles. The monoisotopic (exact) mass is 234 g/mol. The summed E-state index contributed by atoms with van der Waals surface area (Å²) in [7, 11) is 0. The molecule has 1 aromatic rings. The molecule has 88 valence electrons. The summed E-state index contributed by atoms with van der Waals surface area (Å²) in [5.41, 5.74) is 0.493. The molecule has 4 nitrogen and oxygen atoms in total. The zero-order valence-electron chi connectivity index (χ0n) is 8.20. The average Bonchev–Trinajstić information content (AvgIpc) is 2.29. The molecule has 2 rings (SSSR count). The Bertz CT molecular complexity index is 347. The van der Waals surface area contributed by atoms with Crippen molar-refractivity contribution >= 4 is 0 Å². The van der Waals surface area contributed by atoms with Crippen LogP contribution in [0.15, 0.2) is 12.4 Å². The van der Waals surface area contributed by atoms with Gasteiger partial charge in [0.2, 0.25) is 5.82 Å². The fourth-order valence-electron chi connectivity index (χ4n) is 1.33. The Labute approximate surface area is 89.4 Å². The van der Waals surface area contributed by atoms with Crippen molar-refractivity contribution in [2.75, 3.05) is 19.8 Å². The predicted molar refractivity (Wildman–Crippen MR) is 46.5 cm³/mol. The van der Waals surface area contributed by atoms with Crippen LogP contribution in [0.2, 0.25) is 0 Å². The van der Waals surface area contributed by atoms with Crippen molar-refractivity contribution < 1.29 is 22.6 Å². The van der Waals surface area contributed by atoms with Crippen molar-refractivity contribution in [1.29, 1.82) is 0 Å². The molecule has 0 amide bonds. The quantitative estimate of drug-likeness (QED) is 0.740. The molecule has 1 unspecified atom stereocenters. The van der Waals surface area contributed by atoms with E-state index in [1.165, 1.54) is 0 Å². The van der Waals surface area contributed by atoms with Crippen LogP contribution < -0.4 is 0 Å². The van der Waals surface area contributed by atoms with E-state index in [4.69, 9.17) is 9.47 Å². The minimum Gasteiger partial charge on any atom is -0.376 e. The molecule has 1 aromatic heterocycles. The van der Waals surface area contributed by atoms with Crippen molar-refractivity contribution in [2.45, 2.75) is 12.3 Å². The summed E-state index contributed by atoms with van der Waals surface area (Å²) in [5.74, 6) is -1.15. The summed E-state index contributed by atoms with van der Waals surface area (Å²) in [4.78, 5) is 6.51. The maximum Gasteiger partial charge on any atom is 0.451 e. The van der Waals surface area contributed by atoms with Gasteiger partial charge >= 0.3 is 6.18 Å². The highest BCUT2D eigenvalue weighted by atomic mass is 19.4. The zero-order valence-corrected chi connectivity index (χ0v) is 8.20. The molecule has 16 heavy (non-hydrogen) atoms. The van der Waals surface area contributed by atoms with Crippen LogP contribution in [-0.4, -0.2) is 29.8 Å². The summed E-state index contributed by atoms with van der Waals surface area (Å²) >= 11 is 0. The van der Waals surface area contributed by atoms with Crippen LogP contribution in [0.4, 0.5) is 13.2 Å². The molecule has 0 bridgehead atoms. The fourth-order valence-corrected chi connectivity index (χ4v) is 1.33. The molecular formula is C9H9F3N2O2.